The van der Waals surface area contributed by atoms with E-state index in [-0.39, 0.29) is 0 Å². The van der Waals surface area contributed by atoms with Crippen molar-refractivity contribution in [3.8, 4) is 11.3 Å². The van der Waals surface area contributed by atoms with E-state index in [0.717, 1.165) is 0 Å². The Hall–Kier alpha value is -2.80. The summed E-state index contributed by atoms with van der Waals surface area (Å²) in [4.78, 5) is 0. The van der Waals surface area contributed by atoms with Gasteiger partial charge in [-0.1, -0.05) is 55.1 Å². The van der Waals surface area contributed by atoms with Gasteiger partial charge in [0.2, 0.25) is 0 Å². The van der Waals surface area contributed by atoms with Crippen molar-refractivity contribution in [3.05, 3.63) is 79.5 Å². The fraction of sp³-hybridized carbons (Fsp3) is 0. The Balaban J connectivity index is 1.99. The first-order chi connectivity index (χ1) is 10.4. The standard InChI is InChI=1S/C20H15N/c1-2-21-13-5-8-20(21)17-11-12-19-16(14-17)10-9-15-6-3-4-7-18(15)19/h2-14H,1H2. The van der Waals surface area contributed by atoms with Crippen molar-refractivity contribution < 1.29 is 0 Å². The van der Waals surface area contributed by atoms with Gasteiger partial charge in [-0.3, -0.25) is 0 Å². The highest BCUT2D eigenvalue weighted by molar-refractivity contribution is 6.08. The maximum Gasteiger partial charge on any atom is 0.0522 e. The van der Waals surface area contributed by atoms with Gasteiger partial charge in [0.25, 0.3) is 0 Å². The molecule has 4 rings (SSSR count). The van der Waals surface area contributed by atoms with E-state index in [4.69, 9.17) is 0 Å². The molecule has 0 bridgehead atoms. The molecule has 100 valence electrons. The molecule has 0 aliphatic rings. The van der Waals surface area contributed by atoms with Gasteiger partial charge in [0, 0.05) is 12.4 Å². The highest BCUT2D eigenvalue weighted by atomic mass is 14.9. The van der Waals surface area contributed by atoms with Crippen molar-refractivity contribution in [1.29, 1.82) is 0 Å². The van der Waals surface area contributed by atoms with Crippen LogP contribution >= 0.6 is 0 Å². The van der Waals surface area contributed by atoms with E-state index in [0.29, 0.717) is 0 Å². The van der Waals surface area contributed by atoms with Crippen LogP contribution in [0.2, 0.25) is 0 Å². The number of nitrogens with zero attached hydrogens (tertiary/aromatic N) is 1. The lowest BCUT2D eigenvalue weighted by atomic mass is 9.99. The minimum Gasteiger partial charge on any atom is -0.324 e. The minimum atomic E-state index is 1.17. The summed E-state index contributed by atoms with van der Waals surface area (Å²) in [6.45, 7) is 3.86. The fourth-order valence-electron chi connectivity index (χ4n) is 2.97. The van der Waals surface area contributed by atoms with Crippen molar-refractivity contribution in [2.24, 2.45) is 0 Å². The van der Waals surface area contributed by atoms with Crippen molar-refractivity contribution in [2.45, 2.75) is 0 Å². The van der Waals surface area contributed by atoms with Gasteiger partial charge in [0.05, 0.1) is 5.69 Å². The first-order valence-electron chi connectivity index (χ1n) is 7.08. The molecule has 1 heterocycles. The van der Waals surface area contributed by atoms with Crippen LogP contribution in [-0.4, -0.2) is 4.57 Å². The summed E-state index contributed by atoms with van der Waals surface area (Å²) in [5.41, 5.74) is 2.38. The zero-order valence-corrected chi connectivity index (χ0v) is 11.7. The van der Waals surface area contributed by atoms with Crippen molar-refractivity contribution in [3.63, 3.8) is 0 Å². The quantitative estimate of drug-likeness (QED) is 0.420. The normalized spacial score (nSPS) is 11.0. The molecular weight excluding hydrogens is 254 g/mol. The Morgan fingerprint density at radius 1 is 0.762 bits per heavy atom. The first kappa shape index (κ1) is 12.0. The largest absolute Gasteiger partial charge is 0.324 e. The molecule has 4 aromatic rings. The second kappa shape index (κ2) is 4.64. The van der Waals surface area contributed by atoms with Crippen LogP contribution in [0, 0.1) is 0 Å². The molecule has 1 aromatic heterocycles. The molecular formula is C20H15N. The van der Waals surface area contributed by atoms with Gasteiger partial charge in [-0.25, -0.2) is 0 Å². The van der Waals surface area contributed by atoms with Crippen LogP contribution in [0.25, 0.3) is 39.0 Å². The summed E-state index contributed by atoms with van der Waals surface area (Å²) >= 11 is 0. The van der Waals surface area contributed by atoms with Crippen LogP contribution in [0.4, 0.5) is 0 Å². The Morgan fingerprint density at radius 3 is 2.48 bits per heavy atom. The maximum atomic E-state index is 3.86. The fourth-order valence-corrected chi connectivity index (χ4v) is 2.97. The molecule has 1 nitrogen and oxygen atoms in total. The molecule has 0 unspecified atom stereocenters. The van der Waals surface area contributed by atoms with Crippen molar-refractivity contribution >= 4 is 27.7 Å². The molecule has 0 spiro atoms. The smallest absolute Gasteiger partial charge is 0.0522 e. The molecule has 0 atom stereocenters. The number of rotatable bonds is 2. The molecule has 0 radical (unpaired) electrons. The molecule has 0 amide bonds. The zero-order valence-electron chi connectivity index (χ0n) is 11.7. The lowest BCUT2D eigenvalue weighted by Gasteiger charge is -2.08. The number of aromatic nitrogens is 1. The van der Waals surface area contributed by atoms with Crippen LogP contribution in [0.5, 0.6) is 0 Å². The van der Waals surface area contributed by atoms with Crippen LogP contribution in [0.15, 0.2) is 79.5 Å². The Labute approximate surface area is 123 Å². The topological polar surface area (TPSA) is 4.93 Å². The van der Waals surface area contributed by atoms with Crippen molar-refractivity contribution in [2.75, 3.05) is 0 Å². The molecule has 21 heavy (non-hydrogen) atoms. The molecule has 0 aliphatic carbocycles. The van der Waals surface area contributed by atoms with Gasteiger partial charge >= 0.3 is 0 Å². The van der Waals surface area contributed by atoms with Crippen molar-refractivity contribution in [1.82, 2.24) is 4.57 Å². The molecule has 0 saturated heterocycles. The lowest BCUT2D eigenvalue weighted by molar-refractivity contribution is 1.18. The highest BCUT2D eigenvalue weighted by Gasteiger charge is 2.05. The summed E-state index contributed by atoms with van der Waals surface area (Å²) in [6, 6.07) is 23.7. The lowest BCUT2D eigenvalue weighted by Crippen LogP contribution is -1.87. The maximum absolute atomic E-state index is 3.86. The van der Waals surface area contributed by atoms with Gasteiger partial charge in [-0.15, -0.1) is 0 Å². The zero-order chi connectivity index (χ0) is 14.2. The molecule has 1 heteroatoms. The van der Waals surface area contributed by atoms with E-state index in [1.54, 1.807) is 0 Å². The third-order valence-electron chi connectivity index (χ3n) is 4.02. The highest BCUT2D eigenvalue weighted by Crippen LogP contribution is 2.29. The average Bonchev–Trinajstić information content (AvgIpc) is 3.03. The first-order valence-corrected chi connectivity index (χ1v) is 7.08. The second-order valence-corrected chi connectivity index (χ2v) is 5.21. The van der Waals surface area contributed by atoms with Gasteiger partial charge in [0.1, 0.15) is 0 Å². The predicted molar refractivity (Wildman–Crippen MR) is 91.3 cm³/mol. The van der Waals surface area contributed by atoms with Gasteiger partial charge in [-0.05, 0) is 45.3 Å². The second-order valence-electron chi connectivity index (χ2n) is 5.21. The monoisotopic (exact) mass is 269 g/mol. The molecule has 0 saturated carbocycles. The molecule has 0 aliphatic heterocycles. The van der Waals surface area contributed by atoms with E-state index in [9.17, 15) is 0 Å². The van der Waals surface area contributed by atoms with E-state index in [1.165, 1.54) is 32.8 Å². The van der Waals surface area contributed by atoms with Crippen LogP contribution in [0.1, 0.15) is 0 Å². The third-order valence-corrected chi connectivity index (χ3v) is 4.02. The van der Waals surface area contributed by atoms with Crippen LogP contribution < -0.4 is 0 Å². The number of hydrogen-bond donors (Lipinski definition) is 0. The van der Waals surface area contributed by atoms with Gasteiger partial charge < -0.3 is 4.57 Å². The molecule has 0 N–H and O–H groups in total. The predicted octanol–water partition coefficient (Wildman–Crippen LogP) is 5.56. The summed E-state index contributed by atoms with van der Waals surface area (Å²) < 4.78 is 2.04. The van der Waals surface area contributed by atoms with Gasteiger partial charge in [0.15, 0.2) is 0 Å². The Kier molecular flexibility index (Phi) is 2.65. The average molecular weight is 269 g/mol. The minimum absolute atomic E-state index is 1.17. The van der Waals surface area contributed by atoms with E-state index < -0.39 is 0 Å². The summed E-state index contributed by atoms with van der Waals surface area (Å²) in [5, 5.41) is 5.16. The van der Waals surface area contributed by atoms with Gasteiger partial charge in [-0.2, -0.15) is 0 Å². The number of fused-ring (bicyclic) bond motifs is 3. The number of hydrogen-bond acceptors (Lipinski definition) is 0. The molecule has 3 aromatic carbocycles. The van der Waals surface area contributed by atoms with E-state index >= 15 is 0 Å². The number of benzene rings is 3. The van der Waals surface area contributed by atoms with Crippen LogP contribution in [-0.2, 0) is 0 Å². The SMILES string of the molecule is C=Cn1cccc1-c1ccc2c(ccc3ccccc32)c1. The Morgan fingerprint density at radius 2 is 1.57 bits per heavy atom. The van der Waals surface area contributed by atoms with E-state index in [1.807, 2.05) is 23.0 Å². The molecule has 0 fully saturated rings. The summed E-state index contributed by atoms with van der Waals surface area (Å²) in [7, 11) is 0. The third kappa shape index (κ3) is 1.86. The summed E-state index contributed by atoms with van der Waals surface area (Å²) in [5.74, 6) is 0. The Bertz CT molecular complexity index is 960. The van der Waals surface area contributed by atoms with Crippen LogP contribution in [0.3, 0.4) is 0 Å². The summed E-state index contributed by atoms with van der Waals surface area (Å²) in [6.07, 6.45) is 3.85. The van der Waals surface area contributed by atoms with E-state index in [2.05, 4.69) is 67.2 Å².